The van der Waals surface area contributed by atoms with Gasteiger partial charge in [0.1, 0.15) is 24.4 Å². The van der Waals surface area contributed by atoms with Gasteiger partial charge >= 0.3 is 29.6 Å². The molecule has 13 atom stereocenters. The van der Waals surface area contributed by atoms with E-state index in [1.165, 1.54) is 6.42 Å². The number of carbonyl (C=O) groups excluding carboxylic acids is 1. The van der Waals surface area contributed by atoms with E-state index in [0.29, 0.717) is 23.7 Å². The van der Waals surface area contributed by atoms with Crippen molar-refractivity contribution >= 4 is 5.97 Å². The van der Waals surface area contributed by atoms with Crippen LogP contribution in [0, 0.1) is 34.5 Å². The van der Waals surface area contributed by atoms with Gasteiger partial charge in [0.2, 0.25) is 0 Å². The summed E-state index contributed by atoms with van der Waals surface area (Å²) in [4.78, 5) is 11.4. The van der Waals surface area contributed by atoms with E-state index in [9.17, 15) is 30.3 Å². The molecule has 5 aliphatic rings. The first kappa shape index (κ1) is 27.3. The van der Waals surface area contributed by atoms with Crippen LogP contribution < -0.4 is 34.7 Å². The van der Waals surface area contributed by atoms with E-state index in [1.807, 2.05) is 0 Å². The van der Waals surface area contributed by atoms with Gasteiger partial charge < -0.3 is 39.8 Å². The SMILES string of the molecule is C[C@]12CC[C@@H](O)C[C@@H]1CC[C@@H]1[C@@H]2CC[C@]2(C)[C@@H](O[C@@H]3O[C@H](C(=O)[O-])[C@@H](O)[C@H](O)[C@H]3O)CC[C@@H]12.[Na+]. The second-order valence-corrected chi connectivity index (χ2v) is 12.0. The average Bonchev–Trinajstić information content (AvgIpc) is 3.10. The van der Waals surface area contributed by atoms with Crippen molar-refractivity contribution < 1.29 is 69.4 Å². The first-order valence-corrected chi connectivity index (χ1v) is 12.8. The van der Waals surface area contributed by atoms with Crippen molar-refractivity contribution in [3.05, 3.63) is 0 Å². The zero-order valence-electron chi connectivity index (χ0n) is 20.6. The van der Waals surface area contributed by atoms with Gasteiger partial charge in [-0.1, -0.05) is 13.8 Å². The summed E-state index contributed by atoms with van der Waals surface area (Å²) in [5, 5.41) is 52.1. The zero-order valence-corrected chi connectivity index (χ0v) is 22.6. The number of hydrogen-bond acceptors (Lipinski definition) is 8. The second kappa shape index (κ2) is 9.84. The molecule has 5 fully saturated rings. The van der Waals surface area contributed by atoms with Crippen molar-refractivity contribution in [2.24, 2.45) is 34.5 Å². The first-order chi connectivity index (χ1) is 15.6. The minimum Gasteiger partial charge on any atom is -0.547 e. The number of carboxylic acid groups (broad SMARTS) is 1. The summed E-state index contributed by atoms with van der Waals surface area (Å²) >= 11 is 0. The van der Waals surface area contributed by atoms with Gasteiger partial charge in [-0.3, -0.25) is 0 Å². The molecule has 4 N–H and O–H groups in total. The molecule has 0 aromatic carbocycles. The number of hydrogen-bond donors (Lipinski definition) is 4. The van der Waals surface area contributed by atoms with Crippen LogP contribution in [0.25, 0.3) is 0 Å². The molecule has 0 aromatic heterocycles. The van der Waals surface area contributed by atoms with Gasteiger partial charge in [0, 0.05) is 0 Å². The maximum absolute atomic E-state index is 11.4. The van der Waals surface area contributed by atoms with E-state index in [4.69, 9.17) is 9.47 Å². The molecule has 0 radical (unpaired) electrons. The van der Waals surface area contributed by atoms with Crippen LogP contribution in [0.1, 0.15) is 71.6 Å². The predicted molar refractivity (Wildman–Crippen MR) is 114 cm³/mol. The van der Waals surface area contributed by atoms with Gasteiger partial charge in [-0.05, 0) is 92.3 Å². The molecule has 34 heavy (non-hydrogen) atoms. The smallest absolute Gasteiger partial charge is 0.547 e. The van der Waals surface area contributed by atoms with E-state index in [0.717, 1.165) is 51.4 Å². The zero-order chi connectivity index (χ0) is 23.7. The third-order valence-corrected chi connectivity index (χ3v) is 10.7. The molecular formula is C25H39NaO8. The number of aliphatic hydroxyl groups is 4. The third kappa shape index (κ3) is 4.23. The van der Waals surface area contributed by atoms with Crippen LogP contribution in [0.2, 0.25) is 0 Å². The summed E-state index contributed by atoms with van der Waals surface area (Å²) in [6.45, 7) is 4.70. The van der Waals surface area contributed by atoms with Gasteiger partial charge in [0.05, 0.1) is 18.2 Å². The van der Waals surface area contributed by atoms with Crippen LogP contribution in [-0.4, -0.2) is 69.3 Å². The Kier molecular flexibility index (Phi) is 7.89. The molecule has 0 bridgehead atoms. The van der Waals surface area contributed by atoms with E-state index in [-0.39, 0.29) is 52.6 Å². The van der Waals surface area contributed by atoms with Crippen LogP contribution in [0.3, 0.4) is 0 Å². The van der Waals surface area contributed by atoms with Crippen molar-refractivity contribution in [2.45, 2.75) is 115 Å². The number of fused-ring (bicyclic) bond motifs is 5. The van der Waals surface area contributed by atoms with E-state index >= 15 is 0 Å². The van der Waals surface area contributed by atoms with Gasteiger partial charge in [0.15, 0.2) is 6.29 Å². The number of carbonyl (C=O) groups is 1. The fourth-order valence-electron chi connectivity index (χ4n) is 8.73. The number of ether oxygens (including phenoxy) is 2. The summed E-state index contributed by atoms with van der Waals surface area (Å²) in [6, 6.07) is 0. The van der Waals surface area contributed by atoms with Gasteiger partial charge in [-0.2, -0.15) is 0 Å². The van der Waals surface area contributed by atoms with Crippen LogP contribution >= 0.6 is 0 Å². The predicted octanol–water partition coefficient (Wildman–Crippen LogP) is -2.66. The second-order valence-electron chi connectivity index (χ2n) is 12.0. The number of carboxylic acids is 1. The summed E-state index contributed by atoms with van der Waals surface area (Å²) in [5.41, 5.74) is 0.173. The first-order valence-electron chi connectivity index (χ1n) is 12.8. The molecular weight excluding hydrogens is 451 g/mol. The maximum atomic E-state index is 11.4. The van der Waals surface area contributed by atoms with Crippen LogP contribution in [0.5, 0.6) is 0 Å². The third-order valence-electron chi connectivity index (χ3n) is 10.7. The number of aliphatic hydroxyl groups excluding tert-OH is 4. The molecule has 5 rings (SSSR count). The van der Waals surface area contributed by atoms with Crippen molar-refractivity contribution in [1.82, 2.24) is 0 Å². The number of aliphatic carboxylic acids is 1. The number of rotatable bonds is 3. The quantitative estimate of drug-likeness (QED) is 0.314. The van der Waals surface area contributed by atoms with Crippen molar-refractivity contribution in [1.29, 1.82) is 0 Å². The van der Waals surface area contributed by atoms with Gasteiger partial charge in [0.25, 0.3) is 0 Å². The Hall–Kier alpha value is 0.230. The normalized spacial score (nSPS) is 54.8. The molecule has 0 aromatic rings. The topological polar surface area (TPSA) is 140 Å². The standard InChI is InChI=1S/C25H40O8.Na/c1-24-9-7-13(26)11-12(24)3-4-14-15-5-6-17(25(15,2)10-8-16(14)24)32-23-20(29)18(27)19(28)21(33-23)22(30)31;/h12-21,23,26-29H,3-11H2,1-2H3,(H,30,31);/q;+1/p-1/t12-,13+,14-,15-,16-,17-,18-,19-,20+,21-,23+,24-,25-;/m0./s1. The fraction of sp³-hybridized carbons (Fsp3) is 0.960. The Morgan fingerprint density at radius 1 is 0.882 bits per heavy atom. The molecule has 4 aliphatic carbocycles. The van der Waals surface area contributed by atoms with Gasteiger partial charge in [-0.25, -0.2) is 0 Å². The molecule has 1 heterocycles. The molecule has 0 amide bonds. The average molecular weight is 491 g/mol. The monoisotopic (exact) mass is 490 g/mol. The maximum Gasteiger partial charge on any atom is 1.00 e. The van der Waals surface area contributed by atoms with Crippen LogP contribution in [0.4, 0.5) is 0 Å². The van der Waals surface area contributed by atoms with Crippen LogP contribution in [0.15, 0.2) is 0 Å². The van der Waals surface area contributed by atoms with Crippen molar-refractivity contribution in [3.8, 4) is 0 Å². The van der Waals surface area contributed by atoms with E-state index in [1.54, 1.807) is 0 Å². The van der Waals surface area contributed by atoms with Crippen molar-refractivity contribution in [2.75, 3.05) is 0 Å². The molecule has 8 nitrogen and oxygen atoms in total. The largest absolute Gasteiger partial charge is 1.00 e. The molecule has 4 saturated carbocycles. The summed E-state index contributed by atoms with van der Waals surface area (Å²) < 4.78 is 11.6. The minimum absolute atomic E-state index is 0. The van der Waals surface area contributed by atoms with E-state index in [2.05, 4.69) is 13.8 Å². The molecule has 0 unspecified atom stereocenters. The molecule has 188 valence electrons. The molecule has 9 heteroatoms. The molecule has 1 saturated heterocycles. The summed E-state index contributed by atoms with van der Waals surface area (Å²) in [5.74, 6) is 0.700. The van der Waals surface area contributed by atoms with E-state index < -0.39 is 36.7 Å². The Bertz CT molecular complexity index is 767. The Morgan fingerprint density at radius 2 is 1.56 bits per heavy atom. The fourth-order valence-corrected chi connectivity index (χ4v) is 8.73. The molecule has 1 aliphatic heterocycles. The Labute approximate surface area is 223 Å². The molecule has 0 spiro atoms. The van der Waals surface area contributed by atoms with Gasteiger partial charge in [-0.15, -0.1) is 0 Å². The van der Waals surface area contributed by atoms with Crippen molar-refractivity contribution in [3.63, 3.8) is 0 Å². The minimum atomic E-state index is -1.77. The Balaban J connectivity index is 0.00000274. The van der Waals surface area contributed by atoms with Crippen LogP contribution in [-0.2, 0) is 14.3 Å². The Morgan fingerprint density at radius 3 is 2.26 bits per heavy atom. The summed E-state index contributed by atoms with van der Waals surface area (Å²) in [6.07, 6.45) is 0.758. The summed E-state index contributed by atoms with van der Waals surface area (Å²) in [7, 11) is 0.